The van der Waals surface area contributed by atoms with Gasteiger partial charge < -0.3 is 4.90 Å². The average Bonchev–Trinajstić information content (AvgIpc) is 3.00. The summed E-state index contributed by atoms with van der Waals surface area (Å²) in [6, 6.07) is 6.73. The number of hydrogen-bond donors (Lipinski definition) is 1. The van der Waals surface area contributed by atoms with Crippen molar-refractivity contribution in [2.75, 3.05) is 6.54 Å². The highest BCUT2D eigenvalue weighted by atomic mass is 19.1. The summed E-state index contributed by atoms with van der Waals surface area (Å²) in [7, 11) is 0. The Bertz CT molecular complexity index is 682. The van der Waals surface area contributed by atoms with E-state index in [-0.39, 0.29) is 17.8 Å². The zero-order valence-corrected chi connectivity index (χ0v) is 13.4. The molecular formula is C18H22FN3O. The number of rotatable bonds is 4. The van der Waals surface area contributed by atoms with Crippen molar-refractivity contribution in [3.8, 4) is 0 Å². The average molecular weight is 315 g/mol. The summed E-state index contributed by atoms with van der Waals surface area (Å²) < 4.78 is 13.7. The van der Waals surface area contributed by atoms with E-state index in [4.69, 9.17) is 0 Å². The molecule has 0 radical (unpaired) electrons. The smallest absolute Gasteiger partial charge is 0.223 e. The molecule has 3 rings (SSSR count). The standard InChI is InChI=1S/C18H22FN3O/c1-13-12-20-21-18(13)16-8-4-5-11-22(16)17(23)10-9-14-6-2-3-7-15(14)19/h2-3,6-7,12,16H,4-5,8-11H2,1H3,(H,20,21). The summed E-state index contributed by atoms with van der Waals surface area (Å²) in [6.45, 7) is 2.77. The van der Waals surface area contributed by atoms with Gasteiger partial charge in [0.2, 0.25) is 5.91 Å². The van der Waals surface area contributed by atoms with Crippen LogP contribution in [0, 0.1) is 12.7 Å². The van der Waals surface area contributed by atoms with Crippen LogP contribution in [0.1, 0.15) is 48.5 Å². The summed E-state index contributed by atoms with van der Waals surface area (Å²) in [4.78, 5) is 14.6. The molecule has 0 saturated carbocycles. The predicted molar refractivity (Wildman–Crippen MR) is 86.4 cm³/mol. The molecule has 2 aromatic rings. The molecule has 1 unspecified atom stereocenters. The summed E-state index contributed by atoms with van der Waals surface area (Å²) in [5.74, 6) is -0.146. The van der Waals surface area contributed by atoms with E-state index < -0.39 is 0 Å². The minimum Gasteiger partial charge on any atom is -0.334 e. The second kappa shape index (κ2) is 6.94. The summed E-state index contributed by atoms with van der Waals surface area (Å²) in [5.41, 5.74) is 2.72. The molecule has 1 N–H and O–H groups in total. The first-order valence-corrected chi connectivity index (χ1v) is 8.19. The lowest BCUT2D eigenvalue weighted by Crippen LogP contribution is -2.39. The third-order valence-electron chi connectivity index (χ3n) is 4.59. The van der Waals surface area contributed by atoms with Crippen LogP contribution < -0.4 is 0 Å². The van der Waals surface area contributed by atoms with Gasteiger partial charge in [0.15, 0.2) is 0 Å². The Labute approximate surface area is 135 Å². The molecule has 2 heterocycles. The Morgan fingerprint density at radius 2 is 2.22 bits per heavy atom. The maximum Gasteiger partial charge on any atom is 0.223 e. The predicted octanol–water partition coefficient (Wildman–Crippen LogP) is 3.54. The molecular weight excluding hydrogens is 293 g/mol. The van der Waals surface area contributed by atoms with Gasteiger partial charge in [-0.05, 0) is 49.8 Å². The second-order valence-electron chi connectivity index (χ2n) is 6.16. The number of amides is 1. The topological polar surface area (TPSA) is 49.0 Å². The summed E-state index contributed by atoms with van der Waals surface area (Å²) in [5, 5.41) is 7.12. The van der Waals surface area contributed by atoms with Gasteiger partial charge in [-0.3, -0.25) is 9.89 Å². The Kier molecular flexibility index (Phi) is 4.74. The lowest BCUT2D eigenvalue weighted by Gasteiger charge is -2.35. The van der Waals surface area contributed by atoms with E-state index in [2.05, 4.69) is 10.2 Å². The number of likely N-dealkylation sites (tertiary alicyclic amines) is 1. The maximum atomic E-state index is 13.7. The number of carbonyl (C=O) groups excluding carboxylic acids is 1. The van der Waals surface area contributed by atoms with Crippen LogP contribution in [0.15, 0.2) is 30.5 Å². The number of aromatic amines is 1. The van der Waals surface area contributed by atoms with E-state index in [0.717, 1.165) is 37.1 Å². The first-order chi connectivity index (χ1) is 11.2. The number of aryl methyl sites for hydroxylation is 2. The van der Waals surface area contributed by atoms with Gasteiger partial charge in [0.25, 0.3) is 0 Å². The number of piperidine rings is 1. The van der Waals surface area contributed by atoms with Crippen LogP contribution in [-0.2, 0) is 11.2 Å². The largest absolute Gasteiger partial charge is 0.334 e. The number of halogens is 1. The molecule has 0 aliphatic carbocycles. The molecule has 122 valence electrons. The van der Waals surface area contributed by atoms with Gasteiger partial charge in [-0.1, -0.05) is 18.2 Å². The molecule has 1 saturated heterocycles. The highest BCUT2D eigenvalue weighted by molar-refractivity contribution is 5.77. The van der Waals surface area contributed by atoms with Crippen LogP contribution in [0.4, 0.5) is 4.39 Å². The fourth-order valence-corrected chi connectivity index (χ4v) is 3.31. The van der Waals surface area contributed by atoms with E-state index in [0.29, 0.717) is 18.4 Å². The molecule has 1 amide bonds. The Morgan fingerprint density at radius 3 is 2.96 bits per heavy atom. The van der Waals surface area contributed by atoms with Crippen LogP contribution in [-0.4, -0.2) is 27.5 Å². The number of aromatic nitrogens is 2. The van der Waals surface area contributed by atoms with E-state index in [1.165, 1.54) is 6.07 Å². The molecule has 1 fully saturated rings. The van der Waals surface area contributed by atoms with E-state index in [1.807, 2.05) is 11.8 Å². The molecule has 4 nitrogen and oxygen atoms in total. The van der Waals surface area contributed by atoms with Crippen LogP contribution in [0.2, 0.25) is 0 Å². The van der Waals surface area contributed by atoms with Crippen molar-refractivity contribution >= 4 is 5.91 Å². The lowest BCUT2D eigenvalue weighted by molar-refractivity contribution is -0.135. The number of nitrogens with zero attached hydrogens (tertiary/aromatic N) is 2. The van der Waals surface area contributed by atoms with Crippen molar-refractivity contribution in [3.05, 3.63) is 53.1 Å². The van der Waals surface area contributed by atoms with Crippen LogP contribution in [0.5, 0.6) is 0 Å². The van der Waals surface area contributed by atoms with E-state index in [9.17, 15) is 9.18 Å². The zero-order valence-electron chi connectivity index (χ0n) is 13.4. The Morgan fingerprint density at radius 1 is 1.39 bits per heavy atom. The van der Waals surface area contributed by atoms with Gasteiger partial charge in [-0.2, -0.15) is 5.10 Å². The number of H-pyrrole nitrogens is 1. The van der Waals surface area contributed by atoms with Crippen molar-refractivity contribution in [1.82, 2.24) is 15.1 Å². The van der Waals surface area contributed by atoms with E-state index >= 15 is 0 Å². The van der Waals surface area contributed by atoms with Crippen LogP contribution in [0.25, 0.3) is 0 Å². The maximum absolute atomic E-state index is 13.7. The molecule has 0 spiro atoms. The number of carbonyl (C=O) groups is 1. The second-order valence-corrected chi connectivity index (χ2v) is 6.16. The zero-order chi connectivity index (χ0) is 16.2. The van der Waals surface area contributed by atoms with Gasteiger partial charge in [0.05, 0.1) is 17.9 Å². The first kappa shape index (κ1) is 15.7. The van der Waals surface area contributed by atoms with Gasteiger partial charge in [0, 0.05) is 13.0 Å². The van der Waals surface area contributed by atoms with Crippen molar-refractivity contribution in [2.24, 2.45) is 0 Å². The third-order valence-corrected chi connectivity index (χ3v) is 4.59. The first-order valence-electron chi connectivity index (χ1n) is 8.19. The normalized spacial score (nSPS) is 18.2. The minimum atomic E-state index is -0.236. The van der Waals surface area contributed by atoms with Crippen molar-refractivity contribution in [1.29, 1.82) is 0 Å². The summed E-state index contributed by atoms with van der Waals surface area (Å²) in [6.07, 6.45) is 5.66. The van der Waals surface area contributed by atoms with Gasteiger partial charge in [-0.25, -0.2) is 4.39 Å². The van der Waals surface area contributed by atoms with Crippen LogP contribution in [0.3, 0.4) is 0 Å². The molecule has 23 heavy (non-hydrogen) atoms. The highest BCUT2D eigenvalue weighted by Crippen LogP contribution is 2.32. The van der Waals surface area contributed by atoms with Crippen molar-refractivity contribution < 1.29 is 9.18 Å². The van der Waals surface area contributed by atoms with Gasteiger partial charge in [-0.15, -0.1) is 0 Å². The molecule has 1 aromatic carbocycles. The minimum absolute atomic E-state index is 0.0689. The van der Waals surface area contributed by atoms with Gasteiger partial charge >= 0.3 is 0 Å². The molecule has 1 aromatic heterocycles. The molecule has 1 aliphatic heterocycles. The number of hydrogen-bond acceptors (Lipinski definition) is 2. The van der Waals surface area contributed by atoms with Crippen molar-refractivity contribution in [2.45, 2.75) is 45.1 Å². The summed E-state index contributed by atoms with van der Waals surface area (Å²) >= 11 is 0. The lowest BCUT2D eigenvalue weighted by atomic mass is 9.96. The Balaban J connectivity index is 1.69. The molecule has 0 bridgehead atoms. The van der Waals surface area contributed by atoms with Gasteiger partial charge in [0.1, 0.15) is 5.82 Å². The fraction of sp³-hybridized carbons (Fsp3) is 0.444. The Hall–Kier alpha value is -2.17. The monoisotopic (exact) mass is 315 g/mol. The van der Waals surface area contributed by atoms with Crippen LogP contribution >= 0.6 is 0 Å². The molecule has 1 atom stereocenters. The van der Waals surface area contributed by atoms with E-state index in [1.54, 1.807) is 24.4 Å². The SMILES string of the molecule is Cc1cn[nH]c1C1CCCCN1C(=O)CCc1ccccc1F. The highest BCUT2D eigenvalue weighted by Gasteiger charge is 2.29. The molecule has 5 heteroatoms. The third kappa shape index (κ3) is 3.44. The fourth-order valence-electron chi connectivity index (χ4n) is 3.31. The molecule has 1 aliphatic rings. The van der Waals surface area contributed by atoms with Crippen molar-refractivity contribution in [3.63, 3.8) is 0 Å². The number of benzene rings is 1. The quantitative estimate of drug-likeness (QED) is 0.938. The number of nitrogens with one attached hydrogen (secondary N) is 1.